The van der Waals surface area contributed by atoms with Crippen LogP contribution in [0.1, 0.15) is 31.2 Å². The van der Waals surface area contributed by atoms with E-state index in [4.69, 9.17) is 4.74 Å². The summed E-state index contributed by atoms with van der Waals surface area (Å²) in [5.74, 6) is 0. The summed E-state index contributed by atoms with van der Waals surface area (Å²) in [6.45, 7) is 2.26. The van der Waals surface area contributed by atoms with E-state index in [0.717, 1.165) is 31.4 Å². The third-order valence-corrected chi connectivity index (χ3v) is 3.99. The molecular weight excluding hydrogens is 226 g/mol. The number of benzene rings is 1. The van der Waals surface area contributed by atoms with E-state index in [1.807, 2.05) is 0 Å². The van der Waals surface area contributed by atoms with Crippen LogP contribution >= 0.6 is 0 Å². The quantitative estimate of drug-likeness (QED) is 0.862. The molecule has 1 aromatic rings. The minimum atomic E-state index is -0.176. The molecule has 0 spiro atoms. The molecule has 0 aromatic heterocycles. The highest BCUT2D eigenvalue weighted by Crippen LogP contribution is 2.32. The SMILES string of the molecule is COC1CCC(CO)(Nc2ccc(C)cc2)CC1. The van der Waals surface area contributed by atoms with Crippen molar-refractivity contribution < 1.29 is 9.84 Å². The molecule has 0 unspecified atom stereocenters. The summed E-state index contributed by atoms with van der Waals surface area (Å²) in [5.41, 5.74) is 2.16. The van der Waals surface area contributed by atoms with E-state index in [0.29, 0.717) is 6.10 Å². The first-order chi connectivity index (χ1) is 8.67. The fourth-order valence-electron chi connectivity index (χ4n) is 2.65. The average Bonchev–Trinajstić information content (AvgIpc) is 2.42. The van der Waals surface area contributed by atoms with Gasteiger partial charge in [-0.1, -0.05) is 17.7 Å². The lowest BCUT2D eigenvalue weighted by molar-refractivity contribution is 0.0411. The molecule has 0 radical (unpaired) electrons. The summed E-state index contributed by atoms with van der Waals surface area (Å²) in [6.07, 6.45) is 4.28. The number of hydrogen-bond donors (Lipinski definition) is 2. The van der Waals surface area contributed by atoms with Crippen molar-refractivity contribution in [1.82, 2.24) is 0 Å². The Morgan fingerprint density at radius 1 is 1.28 bits per heavy atom. The van der Waals surface area contributed by atoms with Gasteiger partial charge in [-0.25, -0.2) is 0 Å². The molecule has 18 heavy (non-hydrogen) atoms. The molecule has 1 fully saturated rings. The Bertz CT molecular complexity index is 367. The van der Waals surface area contributed by atoms with Gasteiger partial charge in [0.1, 0.15) is 0 Å². The molecule has 0 aliphatic heterocycles. The normalized spacial score (nSPS) is 28.1. The average molecular weight is 249 g/mol. The molecule has 0 saturated heterocycles. The predicted molar refractivity (Wildman–Crippen MR) is 73.9 cm³/mol. The van der Waals surface area contributed by atoms with Crippen molar-refractivity contribution >= 4 is 5.69 Å². The first-order valence-electron chi connectivity index (χ1n) is 6.66. The van der Waals surface area contributed by atoms with Crippen LogP contribution in [0, 0.1) is 6.92 Å². The number of aliphatic hydroxyl groups is 1. The number of ether oxygens (including phenoxy) is 1. The number of anilines is 1. The molecule has 2 rings (SSSR count). The van der Waals surface area contributed by atoms with Gasteiger partial charge in [0.15, 0.2) is 0 Å². The number of aryl methyl sites for hydroxylation is 1. The summed E-state index contributed by atoms with van der Waals surface area (Å²) in [6, 6.07) is 8.34. The number of aliphatic hydroxyl groups excluding tert-OH is 1. The molecular formula is C15H23NO2. The Morgan fingerprint density at radius 3 is 2.39 bits per heavy atom. The van der Waals surface area contributed by atoms with Gasteiger partial charge in [-0.15, -0.1) is 0 Å². The Labute approximate surface area is 109 Å². The minimum absolute atomic E-state index is 0.176. The van der Waals surface area contributed by atoms with Gasteiger partial charge in [0.25, 0.3) is 0 Å². The second-order valence-electron chi connectivity index (χ2n) is 5.36. The molecule has 1 aliphatic carbocycles. The van der Waals surface area contributed by atoms with Gasteiger partial charge in [0, 0.05) is 12.8 Å². The smallest absolute Gasteiger partial charge is 0.0661 e. The third-order valence-electron chi connectivity index (χ3n) is 3.99. The molecule has 2 N–H and O–H groups in total. The van der Waals surface area contributed by atoms with Crippen LogP contribution in [0.3, 0.4) is 0 Å². The number of nitrogens with one attached hydrogen (secondary N) is 1. The summed E-state index contributed by atoms with van der Waals surface area (Å²) < 4.78 is 5.39. The highest BCUT2D eigenvalue weighted by molar-refractivity contribution is 5.47. The van der Waals surface area contributed by atoms with Gasteiger partial charge in [0.05, 0.1) is 18.2 Å². The lowest BCUT2D eigenvalue weighted by Crippen LogP contribution is -2.46. The van der Waals surface area contributed by atoms with Crippen molar-refractivity contribution in [1.29, 1.82) is 0 Å². The number of methoxy groups -OCH3 is 1. The van der Waals surface area contributed by atoms with E-state index in [2.05, 4.69) is 36.5 Å². The molecule has 1 aliphatic rings. The van der Waals surface area contributed by atoms with Gasteiger partial charge in [0.2, 0.25) is 0 Å². The van der Waals surface area contributed by atoms with Gasteiger partial charge in [-0.3, -0.25) is 0 Å². The van der Waals surface area contributed by atoms with Gasteiger partial charge in [-0.2, -0.15) is 0 Å². The van der Waals surface area contributed by atoms with Crippen LogP contribution in [-0.2, 0) is 4.74 Å². The molecule has 0 atom stereocenters. The fraction of sp³-hybridized carbons (Fsp3) is 0.600. The molecule has 0 heterocycles. The second-order valence-corrected chi connectivity index (χ2v) is 5.36. The van der Waals surface area contributed by atoms with E-state index in [1.54, 1.807) is 7.11 Å². The highest BCUT2D eigenvalue weighted by atomic mass is 16.5. The summed E-state index contributed by atoms with van der Waals surface area (Å²) in [5, 5.41) is 13.2. The van der Waals surface area contributed by atoms with Gasteiger partial charge < -0.3 is 15.2 Å². The fourth-order valence-corrected chi connectivity index (χ4v) is 2.65. The molecule has 3 nitrogen and oxygen atoms in total. The van der Waals surface area contributed by atoms with Crippen molar-refractivity contribution in [2.45, 2.75) is 44.2 Å². The number of rotatable bonds is 4. The number of hydrogen-bond acceptors (Lipinski definition) is 3. The van der Waals surface area contributed by atoms with Gasteiger partial charge in [-0.05, 0) is 44.7 Å². The molecule has 100 valence electrons. The van der Waals surface area contributed by atoms with E-state index in [1.165, 1.54) is 5.56 Å². The zero-order valence-corrected chi connectivity index (χ0v) is 11.3. The Kier molecular flexibility index (Phi) is 4.25. The summed E-state index contributed by atoms with van der Waals surface area (Å²) in [4.78, 5) is 0. The Balaban J connectivity index is 2.03. The first-order valence-corrected chi connectivity index (χ1v) is 6.66. The maximum absolute atomic E-state index is 9.71. The van der Waals surface area contributed by atoms with Crippen molar-refractivity contribution in [2.75, 3.05) is 19.0 Å². The third kappa shape index (κ3) is 3.03. The standard InChI is InChI=1S/C15H23NO2/c1-12-3-5-13(6-4-12)16-15(11-17)9-7-14(18-2)8-10-15/h3-6,14,16-17H,7-11H2,1-2H3. The van der Waals surface area contributed by atoms with E-state index >= 15 is 0 Å². The van der Waals surface area contributed by atoms with E-state index in [-0.39, 0.29) is 12.1 Å². The van der Waals surface area contributed by atoms with Crippen molar-refractivity contribution in [2.24, 2.45) is 0 Å². The summed E-state index contributed by atoms with van der Waals surface area (Å²) in [7, 11) is 1.77. The Hall–Kier alpha value is -1.06. The van der Waals surface area contributed by atoms with Crippen LogP contribution in [0.4, 0.5) is 5.69 Å². The van der Waals surface area contributed by atoms with Crippen molar-refractivity contribution in [3.8, 4) is 0 Å². The molecule has 3 heteroatoms. The zero-order valence-electron chi connectivity index (χ0n) is 11.3. The molecule has 0 amide bonds. The first kappa shape index (κ1) is 13.4. The van der Waals surface area contributed by atoms with Crippen molar-refractivity contribution in [3.05, 3.63) is 29.8 Å². The van der Waals surface area contributed by atoms with Gasteiger partial charge >= 0.3 is 0 Å². The predicted octanol–water partition coefficient (Wildman–Crippen LogP) is 2.73. The van der Waals surface area contributed by atoms with Crippen molar-refractivity contribution in [3.63, 3.8) is 0 Å². The van der Waals surface area contributed by atoms with Crippen LogP contribution < -0.4 is 5.32 Å². The summed E-state index contributed by atoms with van der Waals surface area (Å²) >= 11 is 0. The van der Waals surface area contributed by atoms with Crippen LogP contribution in [-0.4, -0.2) is 30.5 Å². The second kappa shape index (κ2) is 5.72. The largest absolute Gasteiger partial charge is 0.394 e. The van der Waals surface area contributed by atoms with E-state index < -0.39 is 0 Å². The lowest BCUT2D eigenvalue weighted by atomic mass is 9.80. The molecule has 0 bridgehead atoms. The van der Waals surface area contributed by atoms with Crippen LogP contribution in [0.15, 0.2) is 24.3 Å². The maximum atomic E-state index is 9.71. The Morgan fingerprint density at radius 2 is 1.89 bits per heavy atom. The zero-order chi connectivity index (χ0) is 13.0. The van der Waals surface area contributed by atoms with Crippen LogP contribution in [0.2, 0.25) is 0 Å². The molecule has 1 saturated carbocycles. The monoisotopic (exact) mass is 249 g/mol. The van der Waals surface area contributed by atoms with Crippen LogP contribution in [0.25, 0.3) is 0 Å². The maximum Gasteiger partial charge on any atom is 0.0661 e. The topological polar surface area (TPSA) is 41.5 Å². The highest BCUT2D eigenvalue weighted by Gasteiger charge is 2.34. The van der Waals surface area contributed by atoms with E-state index in [9.17, 15) is 5.11 Å². The minimum Gasteiger partial charge on any atom is -0.394 e. The molecule has 1 aromatic carbocycles. The lowest BCUT2D eigenvalue weighted by Gasteiger charge is -2.40. The van der Waals surface area contributed by atoms with Crippen LogP contribution in [0.5, 0.6) is 0 Å².